The van der Waals surface area contributed by atoms with Gasteiger partial charge in [-0.1, -0.05) is 34.1 Å². The molecular weight excluding hydrogens is 292 g/mol. The van der Waals surface area contributed by atoms with Crippen molar-refractivity contribution < 1.29 is 19.3 Å². The van der Waals surface area contributed by atoms with Gasteiger partial charge in [0.05, 0.1) is 19.3 Å². The largest absolute Gasteiger partial charge is 0.396 e. The molecule has 0 radical (unpaired) electrons. The normalized spacial score (nSPS) is 39.9. The molecule has 2 rings (SSSR count). The van der Waals surface area contributed by atoms with E-state index in [1.165, 1.54) is 12.8 Å². The quantitative estimate of drug-likeness (QED) is 0.574. The first-order valence-corrected chi connectivity index (χ1v) is 9.17. The van der Waals surface area contributed by atoms with Crippen molar-refractivity contribution in [2.75, 3.05) is 33.7 Å². The van der Waals surface area contributed by atoms with E-state index in [9.17, 15) is 5.11 Å². The van der Waals surface area contributed by atoms with Gasteiger partial charge < -0.3 is 19.3 Å². The third-order valence-corrected chi connectivity index (χ3v) is 6.89. The van der Waals surface area contributed by atoms with E-state index in [4.69, 9.17) is 14.2 Å². The molecule has 23 heavy (non-hydrogen) atoms. The van der Waals surface area contributed by atoms with E-state index in [0.717, 1.165) is 12.8 Å². The molecule has 0 aliphatic heterocycles. The molecule has 0 amide bonds. The van der Waals surface area contributed by atoms with Crippen LogP contribution in [0.25, 0.3) is 0 Å². The second kappa shape index (κ2) is 7.81. The lowest BCUT2D eigenvalue weighted by Gasteiger charge is -2.60. The Morgan fingerprint density at radius 1 is 1.09 bits per heavy atom. The highest BCUT2D eigenvalue weighted by Gasteiger charge is 2.57. The second-order valence-electron chi connectivity index (χ2n) is 8.44. The lowest BCUT2D eigenvalue weighted by molar-refractivity contribution is -0.201. The summed E-state index contributed by atoms with van der Waals surface area (Å²) >= 11 is 0. The number of ether oxygens (including phenoxy) is 3. The average Bonchev–Trinajstić information content (AvgIpc) is 2.48. The van der Waals surface area contributed by atoms with Crippen molar-refractivity contribution in [3.8, 4) is 0 Å². The van der Waals surface area contributed by atoms with Gasteiger partial charge in [-0.15, -0.1) is 0 Å². The molecule has 0 aromatic heterocycles. The van der Waals surface area contributed by atoms with Gasteiger partial charge in [0, 0.05) is 13.7 Å². The Morgan fingerprint density at radius 2 is 1.83 bits per heavy atom. The fourth-order valence-electron chi connectivity index (χ4n) is 5.51. The zero-order chi connectivity index (χ0) is 17.1. The zero-order valence-electron chi connectivity index (χ0n) is 15.6. The fraction of sp³-hybridized carbons (Fsp3) is 1.00. The Hall–Kier alpha value is -0.160. The van der Waals surface area contributed by atoms with Gasteiger partial charge in [-0.2, -0.15) is 0 Å². The maximum Gasteiger partial charge on any atom is 0.147 e. The van der Waals surface area contributed by atoms with E-state index in [0.29, 0.717) is 44.4 Å². The smallest absolute Gasteiger partial charge is 0.147 e. The summed E-state index contributed by atoms with van der Waals surface area (Å²) in [6.45, 7) is 11.3. The SMILES string of the molecule is COCCOCO[C@H]1CC[C@]2(C)[C@@H](CO)[C@H](C)CC[C@H]2C1(C)C. The lowest BCUT2D eigenvalue weighted by Crippen LogP contribution is -2.57. The van der Waals surface area contributed by atoms with Gasteiger partial charge in [0.25, 0.3) is 0 Å². The summed E-state index contributed by atoms with van der Waals surface area (Å²) in [6.07, 6.45) is 4.88. The minimum atomic E-state index is 0.116. The first kappa shape index (κ1) is 19.2. The number of fused-ring (bicyclic) bond motifs is 1. The molecule has 0 saturated heterocycles. The summed E-state index contributed by atoms with van der Waals surface area (Å²) in [5.74, 6) is 1.63. The van der Waals surface area contributed by atoms with Crippen molar-refractivity contribution in [2.45, 2.75) is 59.5 Å². The van der Waals surface area contributed by atoms with E-state index in [1.807, 2.05) is 0 Å². The van der Waals surface area contributed by atoms with Crippen LogP contribution in [0.2, 0.25) is 0 Å². The minimum absolute atomic E-state index is 0.116. The number of aliphatic hydroxyl groups excluding tert-OH is 1. The fourth-order valence-corrected chi connectivity index (χ4v) is 5.51. The molecule has 136 valence electrons. The van der Waals surface area contributed by atoms with Gasteiger partial charge in [0.2, 0.25) is 0 Å². The van der Waals surface area contributed by atoms with Gasteiger partial charge in [-0.05, 0) is 47.8 Å². The van der Waals surface area contributed by atoms with Crippen LogP contribution in [0, 0.1) is 28.6 Å². The summed E-state index contributed by atoms with van der Waals surface area (Å²) in [7, 11) is 1.68. The Bertz CT molecular complexity index is 370. The van der Waals surface area contributed by atoms with Gasteiger partial charge in [-0.3, -0.25) is 0 Å². The van der Waals surface area contributed by atoms with E-state index < -0.39 is 0 Å². The van der Waals surface area contributed by atoms with Crippen LogP contribution in [0.15, 0.2) is 0 Å². The zero-order valence-corrected chi connectivity index (χ0v) is 15.6. The number of aliphatic hydroxyl groups is 1. The molecule has 2 aliphatic carbocycles. The van der Waals surface area contributed by atoms with Crippen LogP contribution in [0.3, 0.4) is 0 Å². The topological polar surface area (TPSA) is 47.9 Å². The van der Waals surface area contributed by atoms with Gasteiger partial charge in [0.1, 0.15) is 6.79 Å². The monoisotopic (exact) mass is 328 g/mol. The summed E-state index contributed by atoms with van der Waals surface area (Å²) < 4.78 is 16.6. The molecule has 1 N–H and O–H groups in total. The van der Waals surface area contributed by atoms with E-state index >= 15 is 0 Å². The van der Waals surface area contributed by atoms with Crippen LogP contribution in [-0.4, -0.2) is 44.9 Å². The van der Waals surface area contributed by atoms with E-state index in [-0.39, 0.29) is 16.9 Å². The summed E-state index contributed by atoms with van der Waals surface area (Å²) in [4.78, 5) is 0. The lowest BCUT2D eigenvalue weighted by atomic mass is 9.46. The van der Waals surface area contributed by atoms with Crippen molar-refractivity contribution in [3.05, 3.63) is 0 Å². The summed E-state index contributed by atoms with van der Waals surface area (Å²) in [5.41, 5.74) is 0.345. The highest BCUT2D eigenvalue weighted by Crippen LogP contribution is 2.61. The van der Waals surface area contributed by atoms with Crippen molar-refractivity contribution in [1.29, 1.82) is 0 Å². The summed E-state index contributed by atoms with van der Waals surface area (Å²) in [6, 6.07) is 0. The van der Waals surface area contributed by atoms with Crippen molar-refractivity contribution in [1.82, 2.24) is 0 Å². The van der Waals surface area contributed by atoms with E-state index in [2.05, 4.69) is 27.7 Å². The molecular formula is C19H36O4. The van der Waals surface area contributed by atoms with Crippen molar-refractivity contribution >= 4 is 0 Å². The third-order valence-electron chi connectivity index (χ3n) is 6.89. The Labute approximate surface area is 141 Å². The summed E-state index contributed by atoms with van der Waals surface area (Å²) in [5, 5.41) is 9.96. The molecule has 0 unspecified atom stereocenters. The predicted octanol–water partition coefficient (Wildman–Crippen LogP) is 3.47. The van der Waals surface area contributed by atoms with Crippen molar-refractivity contribution in [2.24, 2.45) is 28.6 Å². The molecule has 0 aromatic rings. The molecule has 2 aliphatic rings. The number of methoxy groups -OCH3 is 1. The molecule has 0 spiro atoms. The minimum Gasteiger partial charge on any atom is -0.396 e. The Kier molecular flexibility index (Phi) is 6.51. The maximum absolute atomic E-state index is 9.96. The van der Waals surface area contributed by atoms with E-state index in [1.54, 1.807) is 7.11 Å². The van der Waals surface area contributed by atoms with Crippen LogP contribution in [-0.2, 0) is 14.2 Å². The molecule has 0 bridgehead atoms. The van der Waals surface area contributed by atoms with Crippen LogP contribution >= 0.6 is 0 Å². The number of hydrogen-bond donors (Lipinski definition) is 1. The standard InChI is InChI=1S/C19H36O4/c1-14-6-7-16-18(2,3)17(23-13-22-11-10-21-5)8-9-19(16,4)15(14)12-20/h14-17,20H,6-13H2,1-5H3/t14-,15+,16+,17+,19-/m1/s1. The molecule has 5 atom stereocenters. The van der Waals surface area contributed by atoms with Crippen LogP contribution in [0.4, 0.5) is 0 Å². The Balaban J connectivity index is 2.01. The predicted molar refractivity (Wildman–Crippen MR) is 91.2 cm³/mol. The second-order valence-corrected chi connectivity index (χ2v) is 8.44. The average molecular weight is 328 g/mol. The molecule has 4 heteroatoms. The van der Waals surface area contributed by atoms with Gasteiger partial charge >= 0.3 is 0 Å². The highest BCUT2D eigenvalue weighted by atomic mass is 16.7. The number of hydrogen-bond acceptors (Lipinski definition) is 4. The van der Waals surface area contributed by atoms with Crippen LogP contribution < -0.4 is 0 Å². The molecule has 0 heterocycles. The third kappa shape index (κ3) is 3.76. The van der Waals surface area contributed by atoms with Crippen LogP contribution in [0.1, 0.15) is 53.4 Å². The molecule has 2 fully saturated rings. The van der Waals surface area contributed by atoms with Gasteiger partial charge in [-0.25, -0.2) is 0 Å². The van der Waals surface area contributed by atoms with Gasteiger partial charge in [0.15, 0.2) is 0 Å². The van der Waals surface area contributed by atoms with Crippen molar-refractivity contribution in [3.63, 3.8) is 0 Å². The first-order chi connectivity index (χ1) is 10.9. The first-order valence-electron chi connectivity index (χ1n) is 9.17. The molecule has 0 aromatic carbocycles. The highest BCUT2D eigenvalue weighted by molar-refractivity contribution is 5.05. The Morgan fingerprint density at radius 3 is 2.48 bits per heavy atom. The molecule has 4 nitrogen and oxygen atoms in total. The number of rotatable bonds is 7. The maximum atomic E-state index is 9.96. The molecule has 2 saturated carbocycles. The van der Waals surface area contributed by atoms with Crippen LogP contribution in [0.5, 0.6) is 0 Å².